The Hall–Kier alpha value is -3.18. The second kappa shape index (κ2) is 10.2. The average molecular weight is 492 g/mol. The number of anilines is 1. The van der Waals surface area contributed by atoms with E-state index in [9.17, 15) is 16.8 Å². The zero-order chi connectivity index (χ0) is 24.1. The Morgan fingerprint density at radius 2 is 1.52 bits per heavy atom. The molecule has 11 heteroatoms. The minimum atomic E-state index is -3.93. The van der Waals surface area contributed by atoms with E-state index < -0.39 is 19.9 Å². The van der Waals surface area contributed by atoms with E-state index in [0.717, 1.165) is 0 Å². The largest absolute Gasteiger partial charge is 0.494 e. The lowest BCUT2D eigenvalue weighted by Crippen LogP contribution is -2.14. The van der Waals surface area contributed by atoms with E-state index in [-0.39, 0.29) is 21.4 Å². The maximum Gasteiger partial charge on any atom is 0.265 e. The second-order valence-electron chi connectivity index (χ2n) is 6.82. The van der Waals surface area contributed by atoms with E-state index in [1.165, 1.54) is 19.1 Å². The van der Waals surface area contributed by atoms with Crippen LogP contribution in [0.4, 0.5) is 5.69 Å². The van der Waals surface area contributed by atoms with Gasteiger partial charge < -0.3 is 9.47 Å². The van der Waals surface area contributed by atoms with Gasteiger partial charge in [-0.1, -0.05) is 19.1 Å². The Balaban J connectivity index is 1.82. The van der Waals surface area contributed by atoms with Crippen LogP contribution < -0.4 is 14.2 Å². The highest BCUT2D eigenvalue weighted by molar-refractivity contribution is 7.92. The Bertz CT molecular complexity index is 1310. The van der Waals surface area contributed by atoms with Crippen molar-refractivity contribution >= 4 is 25.5 Å². The molecule has 176 valence electrons. The summed E-state index contributed by atoms with van der Waals surface area (Å²) in [4.78, 5) is -0.00420. The lowest BCUT2D eigenvalue weighted by molar-refractivity contribution is 0.317. The molecule has 0 aliphatic rings. The number of nitrogens with zero attached hydrogens (tertiary/aromatic N) is 2. The van der Waals surface area contributed by atoms with E-state index in [1.54, 1.807) is 49.4 Å². The minimum absolute atomic E-state index is 0.00420. The highest BCUT2D eigenvalue weighted by Gasteiger charge is 2.21. The lowest BCUT2D eigenvalue weighted by Gasteiger charge is -2.14. The first kappa shape index (κ1) is 24.5. The summed E-state index contributed by atoms with van der Waals surface area (Å²) >= 11 is 0. The van der Waals surface area contributed by atoms with Gasteiger partial charge in [-0.25, -0.2) is 16.8 Å². The number of rotatable bonds is 10. The van der Waals surface area contributed by atoms with Gasteiger partial charge in [0.15, 0.2) is 14.9 Å². The number of aromatic nitrogens is 2. The van der Waals surface area contributed by atoms with Crippen LogP contribution in [-0.2, 0) is 19.9 Å². The van der Waals surface area contributed by atoms with Crippen LogP contribution in [-0.4, -0.2) is 46.0 Å². The summed E-state index contributed by atoms with van der Waals surface area (Å²) in [5.74, 6) is 0.656. The van der Waals surface area contributed by atoms with Crippen molar-refractivity contribution in [2.75, 3.05) is 23.7 Å². The van der Waals surface area contributed by atoms with Crippen LogP contribution in [0.5, 0.6) is 11.5 Å². The van der Waals surface area contributed by atoms with Crippen molar-refractivity contribution < 1.29 is 26.3 Å². The van der Waals surface area contributed by atoms with Crippen LogP contribution in [0.25, 0.3) is 11.3 Å². The molecular weight excluding hydrogens is 466 g/mol. The Labute approximate surface area is 193 Å². The molecule has 0 saturated carbocycles. The number of nitrogens with one attached hydrogen (secondary N) is 1. The maximum atomic E-state index is 13.0. The normalized spacial score (nSPS) is 11.7. The number of benzene rings is 2. The highest BCUT2D eigenvalue weighted by atomic mass is 32.2. The fraction of sp³-hybridized carbons (Fsp3) is 0.273. The first-order valence-corrected chi connectivity index (χ1v) is 13.4. The molecule has 0 fully saturated rings. The zero-order valence-electron chi connectivity index (χ0n) is 18.5. The van der Waals surface area contributed by atoms with Crippen molar-refractivity contribution in [1.29, 1.82) is 0 Å². The molecule has 33 heavy (non-hydrogen) atoms. The quantitative estimate of drug-likeness (QED) is 0.457. The molecule has 0 atom stereocenters. The molecule has 1 N–H and O–H groups in total. The third-order valence-corrected chi connectivity index (χ3v) is 7.62. The van der Waals surface area contributed by atoms with Crippen molar-refractivity contribution in [2.24, 2.45) is 0 Å². The molecule has 0 amide bonds. The maximum absolute atomic E-state index is 13.0. The Morgan fingerprint density at radius 1 is 0.818 bits per heavy atom. The molecule has 0 unspecified atom stereocenters. The molecule has 0 aliphatic heterocycles. The van der Waals surface area contributed by atoms with Crippen LogP contribution in [0.2, 0.25) is 0 Å². The van der Waals surface area contributed by atoms with E-state index in [4.69, 9.17) is 9.47 Å². The number of hydrogen-bond acceptors (Lipinski definition) is 8. The molecular formula is C22H25N3O6S2. The van der Waals surface area contributed by atoms with Gasteiger partial charge in [0.2, 0.25) is 0 Å². The monoisotopic (exact) mass is 491 g/mol. The van der Waals surface area contributed by atoms with Gasteiger partial charge in [-0.15, -0.1) is 10.2 Å². The number of ether oxygens (including phenoxy) is 2. The van der Waals surface area contributed by atoms with Gasteiger partial charge in [0, 0.05) is 17.3 Å². The van der Waals surface area contributed by atoms with Gasteiger partial charge >= 0.3 is 0 Å². The molecule has 3 rings (SSSR count). The van der Waals surface area contributed by atoms with Crippen LogP contribution in [0.15, 0.2) is 64.5 Å². The minimum Gasteiger partial charge on any atom is -0.494 e. The summed E-state index contributed by atoms with van der Waals surface area (Å²) in [7, 11) is -7.36. The van der Waals surface area contributed by atoms with E-state index >= 15 is 0 Å². The zero-order valence-corrected chi connectivity index (χ0v) is 20.1. The van der Waals surface area contributed by atoms with Gasteiger partial charge in [-0.3, -0.25) is 4.72 Å². The Morgan fingerprint density at radius 3 is 2.09 bits per heavy atom. The molecule has 1 aromatic heterocycles. The van der Waals surface area contributed by atoms with Crippen molar-refractivity contribution in [2.45, 2.75) is 30.7 Å². The summed E-state index contributed by atoms with van der Waals surface area (Å²) < 4.78 is 63.2. The first-order chi connectivity index (χ1) is 15.7. The summed E-state index contributed by atoms with van der Waals surface area (Å²) in [6.07, 6.45) is 0. The molecule has 0 aliphatic carbocycles. The van der Waals surface area contributed by atoms with Gasteiger partial charge in [-0.2, -0.15) is 0 Å². The molecule has 1 heterocycles. The standard InChI is InChI=1S/C22H25N3O6S2/c1-4-30-18-11-13-21(20(15-18)31-5-2)33(28,29)25-17-9-7-16(8-10-17)19-12-14-22(24-23-19)32(26,27)6-3/h7-15,25H,4-6H2,1-3H3. The summed E-state index contributed by atoms with van der Waals surface area (Å²) in [6, 6.07) is 14.0. The van der Waals surface area contributed by atoms with E-state index in [2.05, 4.69) is 14.9 Å². The summed E-state index contributed by atoms with van der Waals surface area (Å²) in [5.41, 5.74) is 1.46. The lowest BCUT2D eigenvalue weighted by atomic mass is 10.1. The number of hydrogen-bond donors (Lipinski definition) is 1. The third-order valence-electron chi connectivity index (χ3n) is 4.59. The van der Waals surface area contributed by atoms with Crippen LogP contribution >= 0.6 is 0 Å². The highest BCUT2D eigenvalue weighted by Crippen LogP contribution is 2.31. The predicted molar refractivity (Wildman–Crippen MR) is 125 cm³/mol. The first-order valence-electron chi connectivity index (χ1n) is 10.3. The van der Waals surface area contributed by atoms with Crippen LogP contribution in [0, 0.1) is 0 Å². The molecule has 0 bridgehead atoms. The van der Waals surface area contributed by atoms with Gasteiger partial charge in [0.25, 0.3) is 10.0 Å². The van der Waals surface area contributed by atoms with E-state index in [1.807, 2.05) is 6.92 Å². The SMILES string of the molecule is CCOc1ccc(S(=O)(=O)Nc2ccc(-c3ccc(S(=O)(=O)CC)nn3)cc2)c(OCC)c1. The van der Waals surface area contributed by atoms with Crippen molar-refractivity contribution in [1.82, 2.24) is 10.2 Å². The van der Waals surface area contributed by atoms with E-state index in [0.29, 0.717) is 35.9 Å². The predicted octanol–water partition coefficient (Wildman–Crippen LogP) is 3.54. The average Bonchev–Trinajstić information content (AvgIpc) is 2.80. The number of sulfonamides is 1. The summed E-state index contributed by atoms with van der Waals surface area (Å²) in [5, 5.41) is 7.68. The van der Waals surface area contributed by atoms with Crippen molar-refractivity contribution in [3.63, 3.8) is 0 Å². The smallest absolute Gasteiger partial charge is 0.265 e. The fourth-order valence-electron chi connectivity index (χ4n) is 2.94. The second-order valence-corrected chi connectivity index (χ2v) is 10.7. The Kier molecular flexibility index (Phi) is 7.54. The van der Waals surface area contributed by atoms with Gasteiger partial charge in [0.1, 0.15) is 16.4 Å². The molecule has 9 nitrogen and oxygen atoms in total. The van der Waals surface area contributed by atoms with Crippen molar-refractivity contribution in [3.8, 4) is 22.8 Å². The van der Waals surface area contributed by atoms with Gasteiger partial charge in [-0.05, 0) is 50.2 Å². The fourth-order valence-corrected chi connectivity index (χ4v) is 4.86. The number of sulfone groups is 1. The molecule has 0 radical (unpaired) electrons. The third kappa shape index (κ3) is 5.79. The topological polar surface area (TPSA) is 125 Å². The van der Waals surface area contributed by atoms with Gasteiger partial charge in [0.05, 0.1) is 24.7 Å². The van der Waals surface area contributed by atoms with Crippen molar-refractivity contribution in [3.05, 3.63) is 54.6 Å². The van der Waals surface area contributed by atoms with Crippen LogP contribution in [0.3, 0.4) is 0 Å². The molecule has 0 saturated heterocycles. The van der Waals surface area contributed by atoms with Crippen LogP contribution in [0.1, 0.15) is 20.8 Å². The molecule has 2 aromatic carbocycles. The summed E-state index contributed by atoms with van der Waals surface area (Å²) in [6.45, 7) is 5.89. The molecule has 3 aromatic rings. The molecule has 0 spiro atoms.